The summed E-state index contributed by atoms with van der Waals surface area (Å²) in [6.45, 7) is 3.40. The van der Waals surface area contributed by atoms with E-state index in [9.17, 15) is 34.8 Å². The summed E-state index contributed by atoms with van der Waals surface area (Å²) < 4.78 is 39.5. The molecule has 276 valence electrons. The van der Waals surface area contributed by atoms with Crippen molar-refractivity contribution in [2.75, 3.05) is 13.2 Å². The van der Waals surface area contributed by atoms with Gasteiger partial charge in [0.1, 0.15) is 55.9 Å². The van der Waals surface area contributed by atoms with E-state index in [-0.39, 0.29) is 19.1 Å². The molecule has 48 heavy (non-hydrogen) atoms. The molecule has 0 aromatic carbocycles. The lowest BCUT2D eigenvalue weighted by Crippen LogP contribution is -2.65. The Morgan fingerprint density at radius 3 is 1.83 bits per heavy atom. The maximum atomic E-state index is 12.8. The van der Waals surface area contributed by atoms with Crippen LogP contribution in [0.1, 0.15) is 104 Å². The van der Waals surface area contributed by atoms with E-state index in [1.54, 1.807) is 0 Å². The van der Waals surface area contributed by atoms with E-state index in [0.29, 0.717) is 12.8 Å². The smallest absolute Gasteiger partial charge is 0.306 e. The third-order valence-electron chi connectivity index (χ3n) is 8.76. The molecule has 14 heteroatoms. The SMILES string of the molecule is CC(=O)OC[C@H]1O[C@H]2O[C@@H](C)CCCCCC/C=C\CCCCCCCC(=O)O[C@@H]3[C@@H](O)[C@H](O[C@@H]2[C@@H](O)[C@@H]1O)O[C@H](COC(C)=O)[C@H]3O. The third kappa shape index (κ3) is 13.3. The highest BCUT2D eigenvalue weighted by Gasteiger charge is 2.53. The Morgan fingerprint density at radius 2 is 1.21 bits per heavy atom. The van der Waals surface area contributed by atoms with Crippen LogP contribution in [0.4, 0.5) is 0 Å². The van der Waals surface area contributed by atoms with Gasteiger partial charge in [-0.2, -0.15) is 0 Å². The van der Waals surface area contributed by atoms with Crippen LogP contribution in [0.15, 0.2) is 12.2 Å². The standard InChI is InChI=1S/C34H56O14/c1-21-17-15-13-11-9-7-5-4-6-8-10-12-14-16-18-26(37)47-31-28(39)25(20-43-23(3)36)45-33(30(31)41)48-32-29(40)27(38)24(19-42-22(2)35)46-34(32)44-21/h4-5,21,24-25,27-34,38-41H,6-20H2,1-3H3/b5-4-/t21-,24+,25+,27+,28+,29-,30+,31-,32+,33-,34+/m0/s1. The molecule has 2 fully saturated rings. The highest BCUT2D eigenvalue weighted by atomic mass is 16.8. The minimum Gasteiger partial charge on any atom is -0.463 e. The van der Waals surface area contributed by atoms with Gasteiger partial charge in [-0.3, -0.25) is 14.4 Å². The van der Waals surface area contributed by atoms with Gasteiger partial charge in [0.25, 0.3) is 0 Å². The summed E-state index contributed by atoms with van der Waals surface area (Å²) >= 11 is 0. The lowest BCUT2D eigenvalue weighted by molar-refractivity contribution is -0.371. The minimum absolute atomic E-state index is 0.0652. The van der Waals surface area contributed by atoms with Gasteiger partial charge in [-0.05, 0) is 45.4 Å². The molecular weight excluding hydrogens is 632 g/mol. The second-order valence-corrected chi connectivity index (χ2v) is 12.9. The van der Waals surface area contributed by atoms with Gasteiger partial charge in [-0.25, -0.2) is 0 Å². The number of aliphatic hydroxyl groups excluding tert-OH is 4. The Bertz CT molecular complexity index is 1010. The molecule has 14 nitrogen and oxygen atoms in total. The van der Waals surface area contributed by atoms with Crippen LogP contribution in [0.3, 0.4) is 0 Å². The summed E-state index contributed by atoms with van der Waals surface area (Å²) in [6.07, 6.45) is 0.390. The maximum Gasteiger partial charge on any atom is 0.306 e. The van der Waals surface area contributed by atoms with Gasteiger partial charge in [0.15, 0.2) is 18.7 Å². The van der Waals surface area contributed by atoms with Gasteiger partial charge in [0, 0.05) is 20.3 Å². The number of hydrogen-bond donors (Lipinski definition) is 4. The van der Waals surface area contributed by atoms with Crippen LogP contribution in [0.2, 0.25) is 0 Å². The monoisotopic (exact) mass is 688 g/mol. The molecule has 0 radical (unpaired) electrons. The van der Waals surface area contributed by atoms with Gasteiger partial charge in [0.2, 0.25) is 0 Å². The van der Waals surface area contributed by atoms with Crippen molar-refractivity contribution >= 4 is 17.9 Å². The molecule has 2 saturated heterocycles. The minimum atomic E-state index is -1.75. The quantitative estimate of drug-likeness (QED) is 0.191. The topological polar surface area (TPSA) is 197 Å². The van der Waals surface area contributed by atoms with Crippen LogP contribution in [0, 0.1) is 0 Å². The molecule has 0 amide bonds. The first-order chi connectivity index (χ1) is 23.0. The summed E-state index contributed by atoms with van der Waals surface area (Å²) in [4.78, 5) is 35.8. The number of esters is 3. The fourth-order valence-corrected chi connectivity index (χ4v) is 6.00. The first-order valence-corrected chi connectivity index (χ1v) is 17.4. The van der Waals surface area contributed by atoms with E-state index in [1.807, 2.05) is 6.92 Å². The van der Waals surface area contributed by atoms with Crippen molar-refractivity contribution in [2.24, 2.45) is 0 Å². The fraction of sp³-hybridized carbons (Fsp3) is 0.853. The number of rotatable bonds is 4. The van der Waals surface area contributed by atoms with Gasteiger partial charge in [-0.1, -0.05) is 50.7 Å². The van der Waals surface area contributed by atoms with Crippen molar-refractivity contribution in [1.82, 2.24) is 0 Å². The largest absolute Gasteiger partial charge is 0.463 e. The highest BCUT2D eigenvalue weighted by Crippen LogP contribution is 2.32. The molecule has 3 rings (SSSR count). The number of allylic oxidation sites excluding steroid dienone is 2. The Hall–Kier alpha value is -2.17. The average molecular weight is 689 g/mol. The van der Waals surface area contributed by atoms with Crippen molar-refractivity contribution in [3.63, 3.8) is 0 Å². The second kappa shape index (κ2) is 21.1. The zero-order valence-corrected chi connectivity index (χ0v) is 28.5. The summed E-state index contributed by atoms with van der Waals surface area (Å²) in [5.41, 5.74) is 0. The lowest BCUT2D eigenvalue weighted by Gasteiger charge is -2.47. The van der Waals surface area contributed by atoms with Crippen molar-refractivity contribution in [2.45, 2.75) is 172 Å². The number of fused-ring (bicyclic) bond motifs is 3. The maximum absolute atomic E-state index is 12.8. The van der Waals surface area contributed by atoms with Gasteiger partial charge >= 0.3 is 17.9 Å². The molecule has 4 N–H and O–H groups in total. The van der Waals surface area contributed by atoms with E-state index < -0.39 is 85.9 Å². The molecular formula is C34H56O14. The molecule has 0 aromatic heterocycles. The lowest BCUT2D eigenvalue weighted by atomic mass is 9.97. The van der Waals surface area contributed by atoms with Crippen LogP contribution in [0.25, 0.3) is 0 Å². The summed E-state index contributed by atoms with van der Waals surface area (Å²) in [6, 6.07) is 0. The average Bonchev–Trinajstić information content (AvgIpc) is 3.03. The first-order valence-electron chi connectivity index (χ1n) is 17.4. The van der Waals surface area contributed by atoms with E-state index in [0.717, 1.165) is 64.2 Å². The molecule has 3 heterocycles. The van der Waals surface area contributed by atoms with Crippen molar-refractivity contribution in [3.8, 4) is 0 Å². The van der Waals surface area contributed by atoms with E-state index >= 15 is 0 Å². The summed E-state index contributed by atoms with van der Waals surface area (Å²) in [5.74, 6) is -1.90. The Balaban J connectivity index is 1.83. The van der Waals surface area contributed by atoms with Crippen LogP contribution >= 0.6 is 0 Å². The van der Waals surface area contributed by atoms with Crippen LogP contribution in [-0.4, -0.2) is 119 Å². The van der Waals surface area contributed by atoms with E-state index in [2.05, 4.69) is 12.2 Å². The van der Waals surface area contributed by atoms with Gasteiger partial charge in [-0.15, -0.1) is 0 Å². The highest BCUT2D eigenvalue weighted by molar-refractivity contribution is 5.69. The molecule has 0 saturated carbocycles. The van der Waals surface area contributed by atoms with E-state index in [4.69, 9.17) is 33.2 Å². The van der Waals surface area contributed by atoms with E-state index in [1.165, 1.54) is 13.8 Å². The predicted octanol–water partition coefficient (Wildman–Crippen LogP) is 2.35. The van der Waals surface area contributed by atoms with Crippen LogP contribution in [-0.2, 0) is 47.5 Å². The second-order valence-electron chi connectivity index (χ2n) is 12.9. The van der Waals surface area contributed by atoms with Crippen molar-refractivity contribution in [3.05, 3.63) is 12.2 Å². The first kappa shape index (κ1) is 40.3. The summed E-state index contributed by atoms with van der Waals surface area (Å²) in [7, 11) is 0. The number of carbonyl (C=O) groups is 3. The molecule has 3 aliphatic rings. The predicted molar refractivity (Wildman–Crippen MR) is 169 cm³/mol. The Morgan fingerprint density at radius 1 is 0.667 bits per heavy atom. The normalized spacial score (nSPS) is 37.8. The van der Waals surface area contributed by atoms with Gasteiger partial charge in [0.05, 0.1) is 6.10 Å². The molecule has 2 bridgehead atoms. The third-order valence-corrected chi connectivity index (χ3v) is 8.76. The van der Waals surface area contributed by atoms with Crippen molar-refractivity contribution in [1.29, 1.82) is 0 Å². The molecule has 0 spiro atoms. The molecule has 0 aromatic rings. The zero-order valence-electron chi connectivity index (χ0n) is 28.5. The number of hydrogen-bond acceptors (Lipinski definition) is 14. The summed E-state index contributed by atoms with van der Waals surface area (Å²) in [5, 5.41) is 44.4. The molecule has 0 unspecified atom stereocenters. The zero-order chi connectivity index (χ0) is 35.1. The molecule has 11 atom stereocenters. The van der Waals surface area contributed by atoms with Crippen molar-refractivity contribution < 1.29 is 68.0 Å². The number of carbonyl (C=O) groups excluding carboxylic acids is 3. The fourth-order valence-electron chi connectivity index (χ4n) is 6.00. The Labute approximate surface area is 283 Å². The van der Waals surface area contributed by atoms with Gasteiger partial charge < -0.3 is 53.6 Å². The molecule has 0 aliphatic carbocycles. The molecule has 3 aliphatic heterocycles. The number of aliphatic hydroxyl groups is 4. The number of ether oxygens (including phenoxy) is 7. The van der Waals surface area contributed by atoms with Crippen LogP contribution < -0.4 is 0 Å². The Kier molecular flexibility index (Phi) is 17.7. The van der Waals surface area contributed by atoms with Crippen LogP contribution in [0.5, 0.6) is 0 Å².